The average molecular weight is 348 g/mol. The first-order valence-electron chi connectivity index (χ1n) is 7.14. The molecule has 0 spiro atoms. The van der Waals surface area contributed by atoms with E-state index in [9.17, 15) is 4.79 Å². The van der Waals surface area contributed by atoms with Gasteiger partial charge in [0.2, 0.25) is 0 Å². The molecule has 0 saturated carbocycles. The van der Waals surface area contributed by atoms with Gasteiger partial charge in [0.1, 0.15) is 0 Å². The molecule has 0 bridgehead atoms. The highest BCUT2D eigenvalue weighted by Gasteiger charge is 2.27. The topological polar surface area (TPSA) is 59.2 Å². The van der Waals surface area contributed by atoms with Crippen LogP contribution in [0.3, 0.4) is 0 Å². The number of hydrogen-bond donors (Lipinski definition) is 1. The van der Waals surface area contributed by atoms with Gasteiger partial charge in [0, 0.05) is 28.6 Å². The lowest BCUT2D eigenvalue weighted by molar-refractivity contribution is 0.0789. The number of hydrogen-bond acceptors (Lipinski definition) is 3. The number of benzene rings is 1. The third kappa shape index (κ3) is 2.80. The van der Waals surface area contributed by atoms with Crippen LogP contribution >= 0.6 is 15.9 Å². The maximum Gasteiger partial charge on any atom is 0.254 e. The SMILES string of the molecule is Cc1cc(C(=O)N2CCC(CN)C2)c2ccc(Br)cc2n1. The molecule has 110 valence electrons. The highest BCUT2D eigenvalue weighted by atomic mass is 79.9. The Bertz CT molecular complexity index is 696. The lowest BCUT2D eigenvalue weighted by Gasteiger charge is -2.18. The summed E-state index contributed by atoms with van der Waals surface area (Å²) in [6.45, 7) is 4.12. The predicted octanol–water partition coefficient (Wildman–Crippen LogP) is 2.73. The van der Waals surface area contributed by atoms with Gasteiger partial charge in [-0.3, -0.25) is 9.78 Å². The van der Waals surface area contributed by atoms with Crippen molar-refractivity contribution < 1.29 is 4.79 Å². The van der Waals surface area contributed by atoms with Crippen molar-refractivity contribution in [1.29, 1.82) is 0 Å². The number of aryl methyl sites for hydroxylation is 1. The number of nitrogens with two attached hydrogens (primary N) is 1. The van der Waals surface area contributed by atoms with Crippen molar-refractivity contribution in [3.63, 3.8) is 0 Å². The molecule has 1 saturated heterocycles. The Labute approximate surface area is 132 Å². The number of carbonyl (C=O) groups excluding carboxylic acids is 1. The van der Waals surface area contributed by atoms with Crippen LogP contribution in [0.1, 0.15) is 22.5 Å². The minimum absolute atomic E-state index is 0.0868. The first kappa shape index (κ1) is 14.5. The van der Waals surface area contributed by atoms with E-state index in [2.05, 4.69) is 20.9 Å². The maximum absolute atomic E-state index is 12.8. The second kappa shape index (κ2) is 5.73. The van der Waals surface area contributed by atoms with Gasteiger partial charge in [-0.25, -0.2) is 0 Å². The zero-order chi connectivity index (χ0) is 15.0. The number of fused-ring (bicyclic) bond motifs is 1. The third-order valence-electron chi connectivity index (χ3n) is 4.04. The number of likely N-dealkylation sites (tertiary alicyclic amines) is 1. The van der Waals surface area contributed by atoms with E-state index in [0.29, 0.717) is 12.5 Å². The molecule has 2 aromatic rings. The van der Waals surface area contributed by atoms with E-state index in [0.717, 1.165) is 46.1 Å². The van der Waals surface area contributed by atoms with Crippen LogP contribution in [0, 0.1) is 12.8 Å². The number of aromatic nitrogens is 1. The van der Waals surface area contributed by atoms with E-state index >= 15 is 0 Å². The maximum atomic E-state index is 12.8. The van der Waals surface area contributed by atoms with Gasteiger partial charge in [-0.2, -0.15) is 0 Å². The van der Waals surface area contributed by atoms with Gasteiger partial charge >= 0.3 is 0 Å². The van der Waals surface area contributed by atoms with E-state index < -0.39 is 0 Å². The van der Waals surface area contributed by atoms with Gasteiger partial charge in [-0.1, -0.05) is 22.0 Å². The molecule has 0 aliphatic carbocycles. The summed E-state index contributed by atoms with van der Waals surface area (Å²) in [5.74, 6) is 0.515. The van der Waals surface area contributed by atoms with Crippen LogP contribution < -0.4 is 5.73 Å². The van der Waals surface area contributed by atoms with Gasteiger partial charge in [0.05, 0.1) is 11.1 Å². The summed E-state index contributed by atoms with van der Waals surface area (Å²) in [4.78, 5) is 19.2. The van der Waals surface area contributed by atoms with Crippen LogP contribution in [0.4, 0.5) is 0 Å². The monoisotopic (exact) mass is 347 g/mol. The quantitative estimate of drug-likeness (QED) is 0.908. The molecule has 5 heteroatoms. The molecule has 1 amide bonds. The Morgan fingerprint density at radius 2 is 2.29 bits per heavy atom. The van der Waals surface area contributed by atoms with E-state index in [1.54, 1.807) is 0 Å². The van der Waals surface area contributed by atoms with Crippen LogP contribution in [0.5, 0.6) is 0 Å². The molecule has 21 heavy (non-hydrogen) atoms. The Kier molecular flexibility index (Phi) is 3.95. The summed E-state index contributed by atoms with van der Waals surface area (Å²) in [7, 11) is 0. The Hall–Kier alpha value is -1.46. The zero-order valence-corrected chi connectivity index (χ0v) is 13.6. The molecule has 1 aromatic heterocycles. The van der Waals surface area contributed by atoms with Crippen molar-refractivity contribution in [1.82, 2.24) is 9.88 Å². The van der Waals surface area contributed by atoms with E-state index in [-0.39, 0.29) is 5.91 Å². The normalized spacial score (nSPS) is 18.4. The van der Waals surface area contributed by atoms with Crippen LogP contribution in [0.15, 0.2) is 28.7 Å². The number of pyridine rings is 1. The number of halogens is 1. The molecule has 1 aliphatic rings. The van der Waals surface area contributed by atoms with Gasteiger partial charge in [0.25, 0.3) is 5.91 Å². The van der Waals surface area contributed by atoms with E-state index in [1.807, 2.05) is 36.1 Å². The molecule has 2 N–H and O–H groups in total. The molecular weight excluding hydrogens is 330 g/mol. The van der Waals surface area contributed by atoms with Crippen molar-refractivity contribution >= 4 is 32.7 Å². The van der Waals surface area contributed by atoms with Crippen LogP contribution in [0.25, 0.3) is 10.9 Å². The van der Waals surface area contributed by atoms with Crippen molar-refractivity contribution in [2.75, 3.05) is 19.6 Å². The first-order valence-corrected chi connectivity index (χ1v) is 7.94. The van der Waals surface area contributed by atoms with E-state index in [1.165, 1.54) is 0 Å². The van der Waals surface area contributed by atoms with Crippen LogP contribution in [0.2, 0.25) is 0 Å². The summed E-state index contributed by atoms with van der Waals surface area (Å²) >= 11 is 3.45. The number of nitrogens with zero attached hydrogens (tertiary/aromatic N) is 2. The van der Waals surface area contributed by atoms with Gasteiger partial charge in [0.15, 0.2) is 0 Å². The highest BCUT2D eigenvalue weighted by molar-refractivity contribution is 9.10. The fourth-order valence-electron chi connectivity index (χ4n) is 2.89. The standard InChI is InChI=1S/C16H18BrN3O/c1-10-6-14(13-3-2-12(17)7-15(13)19-10)16(21)20-5-4-11(8-18)9-20/h2-3,6-7,11H,4-5,8-9,18H2,1H3. The minimum atomic E-state index is 0.0868. The van der Waals surface area contributed by atoms with Gasteiger partial charge in [-0.15, -0.1) is 0 Å². The molecule has 1 aromatic carbocycles. The number of carbonyl (C=O) groups is 1. The Balaban J connectivity index is 2.01. The zero-order valence-electron chi connectivity index (χ0n) is 12.0. The van der Waals surface area contributed by atoms with Gasteiger partial charge < -0.3 is 10.6 Å². The molecule has 3 rings (SSSR count). The molecule has 1 fully saturated rings. The average Bonchev–Trinajstić information content (AvgIpc) is 2.94. The molecule has 4 nitrogen and oxygen atoms in total. The summed E-state index contributed by atoms with van der Waals surface area (Å²) in [5, 5.41) is 0.907. The molecule has 2 heterocycles. The van der Waals surface area contributed by atoms with Crippen molar-refractivity contribution in [3.05, 3.63) is 40.0 Å². The summed E-state index contributed by atoms with van der Waals surface area (Å²) in [6, 6.07) is 7.73. The molecule has 0 radical (unpaired) electrons. The number of rotatable bonds is 2. The van der Waals surface area contributed by atoms with Crippen molar-refractivity contribution in [2.24, 2.45) is 11.7 Å². The second-order valence-corrected chi connectivity index (χ2v) is 6.53. The molecular formula is C16H18BrN3O. The smallest absolute Gasteiger partial charge is 0.254 e. The summed E-state index contributed by atoms with van der Waals surface area (Å²) in [6.07, 6.45) is 0.996. The molecule has 1 aliphatic heterocycles. The van der Waals surface area contributed by atoms with Crippen LogP contribution in [-0.4, -0.2) is 35.4 Å². The van der Waals surface area contributed by atoms with Gasteiger partial charge in [-0.05, 0) is 44.0 Å². The lowest BCUT2D eigenvalue weighted by atomic mass is 10.1. The number of amides is 1. The van der Waals surface area contributed by atoms with Crippen molar-refractivity contribution in [3.8, 4) is 0 Å². The summed E-state index contributed by atoms with van der Waals surface area (Å²) in [5.41, 5.74) is 8.16. The predicted molar refractivity (Wildman–Crippen MR) is 87.2 cm³/mol. The fourth-order valence-corrected chi connectivity index (χ4v) is 3.24. The fraction of sp³-hybridized carbons (Fsp3) is 0.375. The Morgan fingerprint density at radius 3 is 3.00 bits per heavy atom. The highest BCUT2D eigenvalue weighted by Crippen LogP contribution is 2.25. The first-order chi connectivity index (χ1) is 10.1. The third-order valence-corrected chi connectivity index (χ3v) is 4.53. The lowest BCUT2D eigenvalue weighted by Crippen LogP contribution is -2.30. The molecule has 1 atom stereocenters. The van der Waals surface area contributed by atoms with Crippen molar-refractivity contribution in [2.45, 2.75) is 13.3 Å². The Morgan fingerprint density at radius 1 is 1.48 bits per heavy atom. The minimum Gasteiger partial charge on any atom is -0.338 e. The molecule has 1 unspecified atom stereocenters. The van der Waals surface area contributed by atoms with E-state index in [4.69, 9.17) is 5.73 Å². The summed E-state index contributed by atoms with van der Waals surface area (Å²) < 4.78 is 0.968. The van der Waals surface area contributed by atoms with Crippen LogP contribution in [-0.2, 0) is 0 Å². The second-order valence-electron chi connectivity index (χ2n) is 5.61. The largest absolute Gasteiger partial charge is 0.338 e.